The van der Waals surface area contributed by atoms with Crippen LogP contribution in [0.5, 0.6) is 11.6 Å². The Morgan fingerprint density at radius 1 is 1.32 bits per heavy atom. The summed E-state index contributed by atoms with van der Waals surface area (Å²) in [5.41, 5.74) is 3.76. The van der Waals surface area contributed by atoms with E-state index >= 15 is 0 Å². The Balaban J connectivity index is 1.86. The van der Waals surface area contributed by atoms with E-state index in [9.17, 15) is 9.90 Å². The topological polar surface area (TPSA) is 82.9 Å². The Labute approximate surface area is 165 Å². The van der Waals surface area contributed by atoms with Gasteiger partial charge in [0.15, 0.2) is 0 Å². The summed E-state index contributed by atoms with van der Waals surface area (Å²) in [6.45, 7) is 8.30. The lowest BCUT2D eigenvalue weighted by molar-refractivity contribution is -0.136. The van der Waals surface area contributed by atoms with Crippen LogP contribution in [-0.4, -0.2) is 38.2 Å². The minimum atomic E-state index is -0.784. The summed E-state index contributed by atoms with van der Waals surface area (Å²) in [6.07, 6.45) is 1.50. The van der Waals surface area contributed by atoms with Crippen LogP contribution in [0.25, 0.3) is 0 Å². The second kappa shape index (κ2) is 8.19. The van der Waals surface area contributed by atoms with Gasteiger partial charge < -0.3 is 14.9 Å². The third-order valence-electron chi connectivity index (χ3n) is 5.39. The van der Waals surface area contributed by atoms with Gasteiger partial charge in [-0.2, -0.15) is 0 Å². The predicted molar refractivity (Wildman–Crippen MR) is 106 cm³/mol. The van der Waals surface area contributed by atoms with E-state index in [4.69, 9.17) is 9.84 Å². The molecular formula is C22H28N2O4. The standard InChI is InChI=1S/C22H28N2O4/c1-4-22(3)14-24(13-18-19(28-22)8-9-20(25)23-18)12-17-11-16(6-5-15(17)2)7-10-21(26)27/h5-6,8-9,11H,4,7,10,12-14H2,1-3H3,(H,23,25)(H,26,27)/t22-/m0/s1. The molecule has 2 aromatic rings. The van der Waals surface area contributed by atoms with Gasteiger partial charge in [0.25, 0.3) is 0 Å². The maximum absolute atomic E-state index is 10.9. The minimum Gasteiger partial charge on any atom is -0.493 e. The number of fused-ring (bicyclic) bond motifs is 1. The van der Waals surface area contributed by atoms with Gasteiger partial charge in [-0.25, -0.2) is 4.98 Å². The van der Waals surface area contributed by atoms with Crippen LogP contribution in [0.3, 0.4) is 0 Å². The van der Waals surface area contributed by atoms with Crippen LogP contribution in [0.1, 0.15) is 49.1 Å². The Morgan fingerprint density at radius 2 is 2.11 bits per heavy atom. The molecule has 1 atom stereocenters. The van der Waals surface area contributed by atoms with Crippen molar-refractivity contribution in [2.24, 2.45) is 0 Å². The zero-order valence-electron chi connectivity index (χ0n) is 16.7. The largest absolute Gasteiger partial charge is 0.493 e. The molecule has 0 amide bonds. The summed E-state index contributed by atoms with van der Waals surface area (Å²) in [6, 6.07) is 9.49. The van der Waals surface area contributed by atoms with Crippen LogP contribution in [-0.2, 0) is 24.3 Å². The van der Waals surface area contributed by atoms with Crippen molar-refractivity contribution in [3.8, 4) is 11.6 Å². The molecule has 0 unspecified atom stereocenters. The number of hydrogen-bond donors (Lipinski definition) is 2. The van der Waals surface area contributed by atoms with Gasteiger partial charge in [0.05, 0.1) is 0 Å². The van der Waals surface area contributed by atoms with E-state index in [1.165, 1.54) is 11.1 Å². The van der Waals surface area contributed by atoms with Crippen molar-refractivity contribution in [3.63, 3.8) is 0 Å². The summed E-state index contributed by atoms with van der Waals surface area (Å²) >= 11 is 0. The lowest BCUT2D eigenvalue weighted by atomic mass is 9.99. The molecule has 0 saturated carbocycles. The van der Waals surface area contributed by atoms with E-state index in [1.807, 2.05) is 6.07 Å². The average Bonchev–Trinajstić information content (AvgIpc) is 2.78. The molecule has 3 rings (SSSR count). The van der Waals surface area contributed by atoms with Crippen molar-refractivity contribution in [2.75, 3.05) is 6.54 Å². The lowest BCUT2D eigenvalue weighted by Gasteiger charge is -2.32. The van der Waals surface area contributed by atoms with E-state index in [-0.39, 0.29) is 17.9 Å². The number of aromatic hydroxyl groups is 1. The number of carboxylic acids is 1. The van der Waals surface area contributed by atoms with E-state index < -0.39 is 5.97 Å². The molecule has 0 spiro atoms. The van der Waals surface area contributed by atoms with Crippen molar-refractivity contribution in [1.29, 1.82) is 0 Å². The molecule has 2 heterocycles. The molecule has 6 heteroatoms. The number of ether oxygens (including phenoxy) is 1. The molecule has 0 aliphatic carbocycles. The smallest absolute Gasteiger partial charge is 0.303 e. The first-order valence-electron chi connectivity index (χ1n) is 9.68. The van der Waals surface area contributed by atoms with Gasteiger partial charge in [0.2, 0.25) is 5.88 Å². The van der Waals surface area contributed by atoms with Crippen LogP contribution in [0.15, 0.2) is 30.3 Å². The molecule has 1 aromatic heterocycles. The van der Waals surface area contributed by atoms with Crippen molar-refractivity contribution in [1.82, 2.24) is 9.88 Å². The number of hydrogen-bond acceptors (Lipinski definition) is 5. The van der Waals surface area contributed by atoms with Crippen LogP contribution in [0.4, 0.5) is 0 Å². The predicted octanol–water partition coefficient (Wildman–Crippen LogP) is 3.68. The van der Waals surface area contributed by atoms with Gasteiger partial charge in [-0.1, -0.05) is 25.1 Å². The van der Waals surface area contributed by atoms with Crippen LogP contribution < -0.4 is 4.74 Å². The first-order chi connectivity index (χ1) is 13.3. The summed E-state index contributed by atoms with van der Waals surface area (Å²) < 4.78 is 6.25. The van der Waals surface area contributed by atoms with E-state index in [0.717, 1.165) is 30.0 Å². The number of carbonyl (C=O) groups is 1. The highest BCUT2D eigenvalue weighted by molar-refractivity contribution is 5.67. The fourth-order valence-corrected chi connectivity index (χ4v) is 3.56. The normalized spacial score (nSPS) is 19.5. The quantitative estimate of drug-likeness (QED) is 0.791. The Morgan fingerprint density at radius 3 is 2.82 bits per heavy atom. The highest BCUT2D eigenvalue weighted by Gasteiger charge is 2.32. The molecular weight excluding hydrogens is 356 g/mol. The summed E-state index contributed by atoms with van der Waals surface area (Å²) in [5.74, 6) is -0.0705. The summed E-state index contributed by atoms with van der Waals surface area (Å²) in [7, 11) is 0. The minimum absolute atomic E-state index is 0.00532. The van der Waals surface area contributed by atoms with Gasteiger partial charge in [-0.3, -0.25) is 9.69 Å². The first-order valence-corrected chi connectivity index (χ1v) is 9.68. The number of benzene rings is 1. The molecule has 0 bridgehead atoms. The SMILES string of the molecule is CC[C@@]1(C)CN(Cc2cc(CCC(=O)O)ccc2C)Cc2nc(O)ccc2O1. The Bertz CT molecular complexity index is 868. The molecule has 2 N–H and O–H groups in total. The lowest BCUT2D eigenvalue weighted by Crippen LogP contribution is -2.42. The maximum atomic E-state index is 10.9. The number of aromatic nitrogens is 1. The van der Waals surface area contributed by atoms with E-state index in [1.54, 1.807) is 12.1 Å². The molecule has 150 valence electrons. The summed E-state index contributed by atoms with van der Waals surface area (Å²) in [5, 5.41) is 18.7. The fraction of sp³-hybridized carbons (Fsp3) is 0.455. The number of pyridine rings is 1. The summed E-state index contributed by atoms with van der Waals surface area (Å²) in [4.78, 5) is 17.4. The molecule has 1 aliphatic rings. The van der Waals surface area contributed by atoms with Gasteiger partial charge >= 0.3 is 5.97 Å². The van der Waals surface area contributed by atoms with Crippen LogP contribution >= 0.6 is 0 Å². The van der Waals surface area contributed by atoms with E-state index in [2.05, 4.69) is 42.8 Å². The van der Waals surface area contributed by atoms with Crippen molar-refractivity contribution in [2.45, 2.75) is 58.7 Å². The van der Waals surface area contributed by atoms with Crippen LogP contribution in [0, 0.1) is 6.92 Å². The highest BCUT2D eigenvalue weighted by Crippen LogP contribution is 2.32. The molecule has 6 nitrogen and oxygen atoms in total. The van der Waals surface area contributed by atoms with Gasteiger partial charge in [0, 0.05) is 32.1 Å². The van der Waals surface area contributed by atoms with Crippen molar-refractivity contribution in [3.05, 3.63) is 52.7 Å². The van der Waals surface area contributed by atoms with Gasteiger partial charge in [-0.15, -0.1) is 0 Å². The molecule has 0 fully saturated rings. The van der Waals surface area contributed by atoms with E-state index in [0.29, 0.717) is 19.5 Å². The molecule has 0 saturated heterocycles. The fourth-order valence-electron chi connectivity index (χ4n) is 3.56. The zero-order chi connectivity index (χ0) is 20.3. The third kappa shape index (κ3) is 4.81. The zero-order valence-corrected chi connectivity index (χ0v) is 16.7. The Hall–Kier alpha value is -2.60. The number of aliphatic carboxylic acids is 1. The molecule has 0 radical (unpaired) electrons. The average molecular weight is 384 g/mol. The van der Waals surface area contributed by atoms with Crippen molar-refractivity contribution < 1.29 is 19.7 Å². The monoisotopic (exact) mass is 384 g/mol. The number of nitrogens with zero attached hydrogens (tertiary/aromatic N) is 2. The van der Waals surface area contributed by atoms with Crippen molar-refractivity contribution >= 4 is 5.97 Å². The second-order valence-corrected chi connectivity index (χ2v) is 7.82. The second-order valence-electron chi connectivity index (χ2n) is 7.82. The van der Waals surface area contributed by atoms with Crippen LogP contribution in [0.2, 0.25) is 0 Å². The first kappa shape index (κ1) is 20.1. The van der Waals surface area contributed by atoms with Gasteiger partial charge in [0.1, 0.15) is 17.0 Å². The number of carboxylic acid groups (broad SMARTS) is 1. The number of rotatable bonds is 6. The Kier molecular flexibility index (Phi) is 5.89. The third-order valence-corrected chi connectivity index (χ3v) is 5.39. The molecule has 1 aliphatic heterocycles. The molecule has 28 heavy (non-hydrogen) atoms. The number of aryl methyl sites for hydroxylation is 2. The molecule has 1 aromatic carbocycles. The maximum Gasteiger partial charge on any atom is 0.303 e. The van der Waals surface area contributed by atoms with Gasteiger partial charge in [-0.05, 0) is 49.4 Å². The highest BCUT2D eigenvalue weighted by atomic mass is 16.5.